The average Bonchev–Trinajstić information content (AvgIpc) is 2.91. The summed E-state index contributed by atoms with van der Waals surface area (Å²) in [6.45, 7) is 0. The van der Waals surface area contributed by atoms with Gasteiger partial charge in [0, 0.05) is 0 Å². The monoisotopic (exact) mass is 250 g/mol. The van der Waals surface area contributed by atoms with Crippen LogP contribution < -0.4 is 0 Å². The lowest BCUT2D eigenvalue weighted by atomic mass is 9.82. The zero-order valence-electron chi connectivity index (χ0n) is 9.12. The van der Waals surface area contributed by atoms with Crippen molar-refractivity contribution in [3.8, 4) is 0 Å². The molecule has 0 radical (unpaired) electrons. The van der Waals surface area contributed by atoms with E-state index in [0.29, 0.717) is 32.1 Å². The summed E-state index contributed by atoms with van der Waals surface area (Å²) >= 11 is 0. The number of hydrogen-bond acceptors (Lipinski definition) is 3. The Morgan fingerprint density at radius 3 is 2.19 bits per heavy atom. The molecular formula is C10H19O5P. The SMILES string of the molecule is O=P(O)(O)C1(CC2CCC(O)C(O)C2)CC1. The summed E-state index contributed by atoms with van der Waals surface area (Å²) in [4.78, 5) is 18.5. The molecule has 0 aromatic rings. The van der Waals surface area contributed by atoms with Crippen molar-refractivity contribution in [2.45, 2.75) is 55.9 Å². The van der Waals surface area contributed by atoms with Crippen LogP contribution in [0.5, 0.6) is 0 Å². The highest BCUT2D eigenvalue weighted by Gasteiger charge is 2.57. The first kappa shape index (κ1) is 12.5. The first-order chi connectivity index (χ1) is 7.34. The molecule has 0 amide bonds. The van der Waals surface area contributed by atoms with Crippen molar-refractivity contribution in [2.75, 3.05) is 0 Å². The second kappa shape index (κ2) is 4.07. The zero-order chi connectivity index (χ0) is 12.0. The van der Waals surface area contributed by atoms with Crippen LogP contribution in [0.3, 0.4) is 0 Å². The lowest BCUT2D eigenvalue weighted by Gasteiger charge is -2.32. The van der Waals surface area contributed by atoms with Gasteiger partial charge in [0.05, 0.1) is 17.4 Å². The highest BCUT2D eigenvalue weighted by Crippen LogP contribution is 2.68. The van der Waals surface area contributed by atoms with E-state index in [9.17, 15) is 24.6 Å². The fraction of sp³-hybridized carbons (Fsp3) is 1.00. The third kappa shape index (κ3) is 2.34. The molecule has 2 saturated carbocycles. The molecule has 0 bridgehead atoms. The fourth-order valence-corrected chi connectivity index (χ4v) is 3.89. The molecule has 2 rings (SSSR count). The van der Waals surface area contributed by atoms with Crippen molar-refractivity contribution in [1.29, 1.82) is 0 Å². The molecule has 0 saturated heterocycles. The Labute approximate surface area is 94.7 Å². The minimum atomic E-state index is -4.00. The third-order valence-electron chi connectivity index (χ3n) is 4.00. The molecule has 2 fully saturated rings. The molecular weight excluding hydrogens is 231 g/mol. The van der Waals surface area contributed by atoms with Crippen LogP contribution in [0.1, 0.15) is 38.5 Å². The Kier molecular flexibility index (Phi) is 3.19. The summed E-state index contributed by atoms with van der Waals surface area (Å²) in [7, 11) is -4.00. The number of hydrogen-bond donors (Lipinski definition) is 4. The topological polar surface area (TPSA) is 98.0 Å². The van der Waals surface area contributed by atoms with Gasteiger partial charge in [0.25, 0.3) is 0 Å². The standard InChI is InChI=1S/C10H19O5P/c11-8-2-1-7(5-9(8)12)6-10(3-4-10)16(13,14)15/h7-9,11-12H,1-6H2,(H2,13,14,15). The lowest BCUT2D eigenvalue weighted by molar-refractivity contribution is -0.0270. The summed E-state index contributed by atoms with van der Waals surface area (Å²) in [5.41, 5.74) is 0. The zero-order valence-corrected chi connectivity index (χ0v) is 10.0. The van der Waals surface area contributed by atoms with E-state index in [0.717, 1.165) is 6.42 Å². The second-order valence-corrected chi connectivity index (χ2v) is 7.32. The predicted octanol–water partition coefficient (Wildman–Crippen LogP) is 0.609. The van der Waals surface area contributed by atoms with E-state index < -0.39 is 25.0 Å². The smallest absolute Gasteiger partial charge is 0.331 e. The minimum Gasteiger partial charge on any atom is -0.390 e. The van der Waals surface area contributed by atoms with Gasteiger partial charge in [-0.2, -0.15) is 0 Å². The first-order valence-electron chi connectivity index (χ1n) is 5.76. The van der Waals surface area contributed by atoms with E-state index in [4.69, 9.17) is 0 Å². The van der Waals surface area contributed by atoms with Gasteiger partial charge in [-0.1, -0.05) is 0 Å². The van der Waals surface area contributed by atoms with Crippen LogP contribution in [-0.2, 0) is 4.57 Å². The highest BCUT2D eigenvalue weighted by atomic mass is 31.2. The molecule has 2 aliphatic carbocycles. The Balaban J connectivity index is 1.94. The molecule has 0 heterocycles. The van der Waals surface area contributed by atoms with Crippen molar-refractivity contribution in [3.63, 3.8) is 0 Å². The molecule has 3 atom stereocenters. The largest absolute Gasteiger partial charge is 0.390 e. The van der Waals surface area contributed by atoms with Crippen LogP contribution in [0, 0.1) is 5.92 Å². The highest BCUT2D eigenvalue weighted by molar-refractivity contribution is 7.54. The van der Waals surface area contributed by atoms with Gasteiger partial charge < -0.3 is 20.0 Å². The summed E-state index contributed by atoms with van der Waals surface area (Å²) in [6.07, 6.45) is 2.01. The summed E-state index contributed by atoms with van der Waals surface area (Å²) < 4.78 is 11.3. The molecule has 94 valence electrons. The Morgan fingerprint density at radius 1 is 1.12 bits per heavy atom. The molecule has 6 heteroatoms. The lowest BCUT2D eigenvalue weighted by Crippen LogP contribution is -2.34. The second-order valence-electron chi connectivity index (χ2n) is 5.29. The molecule has 0 spiro atoms. The molecule has 5 nitrogen and oxygen atoms in total. The van der Waals surface area contributed by atoms with Gasteiger partial charge in [0.2, 0.25) is 0 Å². The van der Waals surface area contributed by atoms with Gasteiger partial charge in [-0.15, -0.1) is 0 Å². The molecule has 0 aliphatic heterocycles. The van der Waals surface area contributed by atoms with E-state index >= 15 is 0 Å². The Hall–Kier alpha value is 0.0700. The quantitative estimate of drug-likeness (QED) is 0.550. The van der Waals surface area contributed by atoms with Gasteiger partial charge in [-0.05, 0) is 44.4 Å². The number of rotatable bonds is 3. The van der Waals surface area contributed by atoms with Crippen LogP contribution in [0.4, 0.5) is 0 Å². The normalized spacial score (nSPS) is 38.4. The van der Waals surface area contributed by atoms with Crippen LogP contribution in [-0.4, -0.2) is 37.4 Å². The van der Waals surface area contributed by atoms with Gasteiger partial charge in [-0.3, -0.25) is 4.57 Å². The van der Waals surface area contributed by atoms with E-state index in [1.807, 2.05) is 0 Å². The Morgan fingerprint density at radius 2 is 1.75 bits per heavy atom. The minimum absolute atomic E-state index is 0.133. The molecule has 2 aliphatic rings. The molecule has 0 aromatic carbocycles. The van der Waals surface area contributed by atoms with Crippen LogP contribution >= 0.6 is 7.60 Å². The maximum absolute atomic E-state index is 11.3. The molecule has 16 heavy (non-hydrogen) atoms. The molecule has 0 aromatic heterocycles. The van der Waals surface area contributed by atoms with E-state index in [1.54, 1.807) is 0 Å². The van der Waals surface area contributed by atoms with Crippen molar-refractivity contribution in [1.82, 2.24) is 0 Å². The van der Waals surface area contributed by atoms with Crippen molar-refractivity contribution >= 4 is 7.60 Å². The van der Waals surface area contributed by atoms with Crippen molar-refractivity contribution in [3.05, 3.63) is 0 Å². The summed E-state index contributed by atoms with van der Waals surface area (Å²) in [6, 6.07) is 0. The van der Waals surface area contributed by atoms with Gasteiger partial charge >= 0.3 is 7.60 Å². The Bertz CT molecular complexity index is 308. The number of aliphatic hydroxyl groups is 2. The molecule has 4 N–H and O–H groups in total. The maximum Gasteiger partial charge on any atom is 0.331 e. The van der Waals surface area contributed by atoms with E-state index in [1.165, 1.54) is 0 Å². The molecule has 3 unspecified atom stereocenters. The van der Waals surface area contributed by atoms with Gasteiger partial charge in [0.15, 0.2) is 0 Å². The van der Waals surface area contributed by atoms with Crippen LogP contribution in [0.25, 0.3) is 0 Å². The van der Waals surface area contributed by atoms with Crippen molar-refractivity contribution < 1.29 is 24.6 Å². The van der Waals surface area contributed by atoms with Gasteiger partial charge in [0.1, 0.15) is 0 Å². The fourth-order valence-electron chi connectivity index (χ4n) is 2.70. The van der Waals surface area contributed by atoms with E-state index in [2.05, 4.69) is 0 Å². The van der Waals surface area contributed by atoms with Crippen LogP contribution in [0.2, 0.25) is 0 Å². The third-order valence-corrected chi connectivity index (χ3v) is 5.87. The first-order valence-corrected chi connectivity index (χ1v) is 7.37. The van der Waals surface area contributed by atoms with Crippen LogP contribution in [0.15, 0.2) is 0 Å². The number of aliphatic hydroxyl groups excluding tert-OH is 2. The average molecular weight is 250 g/mol. The van der Waals surface area contributed by atoms with E-state index in [-0.39, 0.29) is 5.92 Å². The maximum atomic E-state index is 11.3. The van der Waals surface area contributed by atoms with Crippen molar-refractivity contribution in [2.24, 2.45) is 5.92 Å². The van der Waals surface area contributed by atoms with Gasteiger partial charge in [-0.25, -0.2) is 0 Å². The summed E-state index contributed by atoms with van der Waals surface area (Å²) in [5.74, 6) is 0.133. The summed E-state index contributed by atoms with van der Waals surface area (Å²) in [5, 5.41) is 18.1. The predicted molar refractivity (Wildman–Crippen MR) is 58.0 cm³/mol.